The van der Waals surface area contributed by atoms with E-state index in [2.05, 4.69) is 19.2 Å². The topological polar surface area (TPSA) is 50.7 Å². The Morgan fingerprint density at radius 2 is 1.93 bits per heavy atom. The third-order valence-electron chi connectivity index (χ3n) is 2.22. The number of nitrogens with one attached hydrogen (secondary N) is 1. The molecule has 0 saturated heterocycles. The summed E-state index contributed by atoms with van der Waals surface area (Å²) in [4.78, 5) is 0. The Hall–Kier alpha value is -0.160. The van der Waals surface area contributed by atoms with E-state index >= 15 is 0 Å². The molecular formula is C11H25NO3. The highest BCUT2D eigenvalue weighted by atomic mass is 16.5. The first kappa shape index (κ1) is 14.8. The first-order chi connectivity index (χ1) is 7.12. The van der Waals surface area contributed by atoms with Crippen LogP contribution in [0.2, 0.25) is 0 Å². The summed E-state index contributed by atoms with van der Waals surface area (Å²) >= 11 is 0. The molecule has 0 aromatic carbocycles. The highest BCUT2D eigenvalue weighted by Gasteiger charge is 2.14. The second-order valence-corrected chi connectivity index (χ2v) is 4.24. The van der Waals surface area contributed by atoms with Crippen LogP contribution in [-0.4, -0.2) is 50.7 Å². The minimum atomic E-state index is -0.00929. The second-order valence-electron chi connectivity index (χ2n) is 4.24. The molecule has 0 radical (unpaired) electrons. The monoisotopic (exact) mass is 219 g/mol. The molecule has 0 aliphatic rings. The van der Waals surface area contributed by atoms with E-state index in [0.29, 0.717) is 6.61 Å². The molecule has 0 rings (SSSR count). The third-order valence-corrected chi connectivity index (χ3v) is 2.22. The van der Waals surface area contributed by atoms with Gasteiger partial charge in [0.05, 0.1) is 6.61 Å². The lowest BCUT2D eigenvalue weighted by Crippen LogP contribution is -2.41. The Balaban J connectivity index is 3.22. The van der Waals surface area contributed by atoms with E-state index in [1.165, 1.54) is 0 Å². The molecule has 15 heavy (non-hydrogen) atoms. The number of ether oxygens (including phenoxy) is 2. The molecule has 0 atom stereocenters. The first-order valence-corrected chi connectivity index (χ1v) is 5.55. The van der Waals surface area contributed by atoms with Gasteiger partial charge in [-0.15, -0.1) is 0 Å². The summed E-state index contributed by atoms with van der Waals surface area (Å²) in [5, 5.41) is 12.2. The average molecular weight is 219 g/mol. The van der Waals surface area contributed by atoms with Crippen LogP contribution in [0.4, 0.5) is 0 Å². The number of rotatable bonds is 10. The van der Waals surface area contributed by atoms with Crippen molar-refractivity contribution in [3.05, 3.63) is 0 Å². The number of aliphatic hydroxyl groups is 1. The van der Waals surface area contributed by atoms with Crippen molar-refractivity contribution in [2.24, 2.45) is 0 Å². The predicted molar refractivity (Wildman–Crippen MR) is 61.1 cm³/mol. The van der Waals surface area contributed by atoms with E-state index in [-0.39, 0.29) is 12.1 Å². The van der Waals surface area contributed by atoms with Crippen LogP contribution in [0.25, 0.3) is 0 Å². The van der Waals surface area contributed by atoms with Crippen LogP contribution < -0.4 is 5.32 Å². The van der Waals surface area contributed by atoms with Gasteiger partial charge in [-0.05, 0) is 26.7 Å². The molecule has 0 unspecified atom stereocenters. The zero-order valence-corrected chi connectivity index (χ0v) is 10.2. The van der Waals surface area contributed by atoms with E-state index in [0.717, 1.165) is 32.6 Å². The minimum Gasteiger partial charge on any atom is -0.396 e. The molecule has 0 bridgehead atoms. The van der Waals surface area contributed by atoms with Crippen LogP contribution in [0.15, 0.2) is 0 Å². The molecule has 4 heteroatoms. The average Bonchev–Trinajstić information content (AvgIpc) is 2.16. The van der Waals surface area contributed by atoms with Crippen LogP contribution >= 0.6 is 0 Å². The van der Waals surface area contributed by atoms with E-state index in [1.54, 1.807) is 7.11 Å². The van der Waals surface area contributed by atoms with Crippen LogP contribution in [0.5, 0.6) is 0 Å². The summed E-state index contributed by atoms with van der Waals surface area (Å²) in [6, 6.07) is 0. The third kappa shape index (κ3) is 10.1. The number of methoxy groups -OCH3 is 1. The van der Waals surface area contributed by atoms with Gasteiger partial charge in [0.15, 0.2) is 0 Å². The summed E-state index contributed by atoms with van der Waals surface area (Å²) in [5.74, 6) is 0. The highest BCUT2D eigenvalue weighted by Crippen LogP contribution is 2.05. The van der Waals surface area contributed by atoms with Crippen molar-refractivity contribution in [3.8, 4) is 0 Å². The molecule has 0 amide bonds. The lowest BCUT2D eigenvalue weighted by molar-refractivity contribution is 0.0992. The van der Waals surface area contributed by atoms with Crippen molar-refractivity contribution in [1.29, 1.82) is 0 Å². The molecule has 0 aliphatic heterocycles. The second kappa shape index (κ2) is 9.09. The molecule has 0 heterocycles. The molecule has 0 aromatic rings. The van der Waals surface area contributed by atoms with E-state index in [1.807, 2.05) is 0 Å². The normalized spacial score (nSPS) is 12.0. The van der Waals surface area contributed by atoms with Crippen molar-refractivity contribution in [2.75, 3.05) is 40.1 Å². The molecule has 92 valence electrons. The van der Waals surface area contributed by atoms with Crippen molar-refractivity contribution < 1.29 is 14.6 Å². The van der Waals surface area contributed by atoms with Gasteiger partial charge >= 0.3 is 0 Å². The fraction of sp³-hybridized carbons (Fsp3) is 1.00. The maximum Gasteiger partial charge on any atom is 0.0591 e. The van der Waals surface area contributed by atoms with Gasteiger partial charge in [-0.1, -0.05) is 0 Å². The van der Waals surface area contributed by atoms with Crippen LogP contribution in [-0.2, 0) is 9.47 Å². The van der Waals surface area contributed by atoms with Gasteiger partial charge in [-0.25, -0.2) is 0 Å². The van der Waals surface area contributed by atoms with E-state index < -0.39 is 0 Å². The summed E-state index contributed by atoms with van der Waals surface area (Å²) < 4.78 is 10.3. The summed E-state index contributed by atoms with van der Waals surface area (Å²) in [6.07, 6.45) is 1.70. The van der Waals surface area contributed by atoms with Gasteiger partial charge in [0, 0.05) is 39.0 Å². The minimum absolute atomic E-state index is 0.00929. The summed E-state index contributed by atoms with van der Waals surface area (Å²) in [5.41, 5.74) is -0.00929. The zero-order valence-electron chi connectivity index (χ0n) is 10.2. The molecule has 0 aromatic heterocycles. The Kier molecular flexibility index (Phi) is 9.00. The van der Waals surface area contributed by atoms with Gasteiger partial charge in [-0.2, -0.15) is 0 Å². The zero-order chi connectivity index (χ0) is 11.6. The Morgan fingerprint density at radius 1 is 1.20 bits per heavy atom. The van der Waals surface area contributed by atoms with Crippen molar-refractivity contribution in [2.45, 2.75) is 32.2 Å². The Morgan fingerprint density at radius 3 is 2.53 bits per heavy atom. The fourth-order valence-electron chi connectivity index (χ4n) is 1.24. The van der Waals surface area contributed by atoms with Crippen molar-refractivity contribution >= 4 is 0 Å². The first-order valence-electron chi connectivity index (χ1n) is 5.55. The maximum absolute atomic E-state index is 8.82. The SMILES string of the molecule is COCCCOCCNC(C)(C)CCO. The van der Waals surface area contributed by atoms with Crippen LogP contribution in [0.3, 0.4) is 0 Å². The molecule has 0 spiro atoms. The quantitative estimate of drug-likeness (QED) is 0.533. The molecule has 0 aliphatic carbocycles. The smallest absolute Gasteiger partial charge is 0.0591 e. The van der Waals surface area contributed by atoms with Gasteiger partial charge in [0.1, 0.15) is 0 Å². The summed E-state index contributed by atoms with van der Waals surface area (Å²) in [7, 11) is 1.69. The summed E-state index contributed by atoms with van der Waals surface area (Å²) in [6.45, 7) is 7.40. The van der Waals surface area contributed by atoms with Crippen molar-refractivity contribution in [1.82, 2.24) is 5.32 Å². The number of hydrogen-bond acceptors (Lipinski definition) is 4. The highest BCUT2D eigenvalue weighted by molar-refractivity contribution is 4.76. The molecule has 0 fully saturated rings. The lowest BCUT2D eigenvalue weighted by atomic mass is 10.0. The molecule has 0 saturated carbocycles. The Bertz CT molecular complexity index is 140. The number of hydrogen-bond donors (Lipinski definition) is 2. The van der Waals surface area contributed by atoms with E-state index in [9.17, 15) is 0 Å². The van der Waals surface area contributed by atoms with Crippen LogP contribution in [0, 0.1) is 0 Å². The largest absolute Gasteiger partial charge is 0.396 e. The predicted octanol–water partition coefficient (Wildman–Crippen LogP) is 0.790. The maximum atomic E-state index is 8.82. The van der Waals surface area contributed by atoms with Crippen LogP contribution in [0.1, 0.15) is 26.7 Å². The molecule has 4 nitrogen and oxygen atoms in total. The lowest BCUT2D eigenvalue weighted by Gasteiger charge is -2.25. The fourth-order valence-corrected chi connectivity index (χ4v) is 1.24. The Labute approximate surface area is 93.0 Å². The number of aliphatic hydroxyl groups excluding tert-OH is 1. The van der Waals surface area contributed by atoms with Gasteiger partial charge in [-0.3, -0.25) is 0 Å². The van der Waals surface area contributed by atoms with Gasteiger partial charge in [0.25, 0.3) is 0 Å². The van der Waals surface area contributed by atoms with Gasteiger partial charge < -0.3 is 19.9 Å². The van der Waals surface area contributed by atoms with Crippen molar-refractivity contribution in [3.63, 3.8) is 0 Å². The standard InChI is InChI=1S/C11H25NO3/c1-11(2,5-7-13)12-6-10-15-9-4-8-14-3/h12-13H,4-10H2,1-3H3. The molecule has 2 N–H and O–H groups in total. The molecular weight excluding hydrogens is 194 g/mol. The van der Waals surface area contributed by atoms with E-state index in [4.69, 9.17) is 14.6 Å². The van der Waals surface area contributed by atoms with Gasteiger partial charge in [0.2, 0.25) is 0 Å².